The van der Waals surface area contributed by atoms with Crippen molar-refractivity contribution in [2.45, 2.75) is 45.0 Å². The third-order valence-electron chi connectivity index (χ3n) is 2.30. The van der Waals surface area contributed by atoms with Gasteiger partial charge >= 0.3 is 12.1 Å². The second-order valence-corrected chi connectivity index (χ2v) is 4.90. The van der Waals surface area contributed by atoms with Crippen LogP contribution in [0.2, 0.25) is 0 Å². The Hall–Kier alpha value is -0.780. The second-order valence-electron chi connectivity index (χ2n) is 4.90. The fourth-order valence-electron chi connectivity index (χ4n) is 1.67. The third-order valence-corrected chi connectivity index (χ3v) is 2.30. The largest absolute Gasteiger partial charge is 0.459 e. The summed E-state index contributed by atoms with van der Waals surface area (Å²) in [7, 11) is 0. The summed E-state index contributed by atoms with van der Waals surface area (Å²) in [5.41, 5.74) is -0.766. The lowest BCUT2D eigenvalue weighted by Gasteiger charge is -2.25. The molecule has 2 atom stereocenters. The molecule has 0 radical (unpaired) electrons. The number of alkyl halides is 3. The topological polar surface area (TPSA) is 38.3 Å². The summed E-state index contributed by atoms with van der Waals surface area (Å²) in [6.45, 7) is 5.07. The van der Waals surface area contributed by atoms with Gasteiger partial charge in [-0.1, -0.05) is 0 Å². The zero-order valence-electron chi connectivity index (χ0n) is 9.52. The molecule has 0 aromatic carbocycles. The minimum absolute atomic E-state index is 0.0760. The molecule has 1 heterocycles. The number of carbonyl (C=O) groups is 1. The first-order valence-electron chi connectivity index (χ1n) is 5.14. The highest BCUT2D eigenvalue weighted by atomic mass is 19.4. The fraction of sp³-hybridized carbons (Fsp3) is 0.900. The standard InChI is InChI=1S/C10H16F3NO2/c1-9(2,3)16-8(15)7-6(4-5-14-7)10(11,12)13/h6-7,14H,4-5H2,1-3H3/t6-,7-/m0/s1. The molecule has 1 fully saturated rings. The van der Waals surface area contributed by atoms with Crippen molar-refractivity contribution in [1.82, 2.24) is 5.32 Å². The average Bonchev–Trinajstić information content (AvgIpc) is 2.45. The van der Waals surface area contributed by atoms with Crippen molar-refractivity contribution < 1.29 is 22.7 Å². The molecule has 1 rings (SSSR count). The molecule has 0 unspecified atom stereocenters. The molecule has 0 aliphatic carbocycles. The van der Waals surface area contributed by atoms with Crippen LogP contribution in [0.15, 0.2) is 0 Å². The quantitative estimate of drug-likeness (QED) is 0.710. The van der Waals surface area contributed by atoms with Crippen molar-refractivity contribution in [2.24, 2.45) is 5.92 Å². The molecule has 6 heteroatoms. The van der Waals surface area contributed by atoms with Gasteiger partial charge in [-0.3, -0.25) is 4.79 Å². The van der Waals surface area contributed by atoms with Gasteiger partial charge in [-0.2, -0.15) is 13.2 Å². The molecule has 0 bridgehead atoms. The van der Waals surface area contributed by atoms with Crippen LogP contribution in [0.3, 0.4) is 0 Å². The molecule has 0 spiro atoms. The van der Waals surface area contributed by atoms with Crippen LogP contribution in [0.4, 0.5) is 13.2 Å². The van der Waals surface area contributed by atoms with Gasteiger partial charge in [-0.05, 0) is 33.7 Å². The Labute approximate surface area is 92.3 Å². The predicted molar refractivity (Wildman–Crippen MR) is 51.8 cm³/mol. The van der Waals surface area contributed by atoms with E-state index in [4.69, 9.17) is 4.74 Å². The Morgan fingerprint density at radius 3 is 2.31 bits per heavy atom. The maximum atomic E-state index is 12.6. The second kappa shape index (κ2) is 4.24. The molecule has 0 aromatic rings. The van der Waals surface area contributed by atoms with Crippen LogP contribution >= 0.6 is 0 Å². The van der Waals surface area contributed by atoms with E-state index in [0.29, 0.717) is 0 Å². The summed E-state index contributed by atoms with van der Waals surface area (Å²) in [5, 5.41) is 2.54. The molecule has 1 aliphatic rings. The van der Waals surface area contributed by atoms with Crippen molar-refractivity contribution in [1.29, 1.82) is 0 Å². The van der Waals surface area contributed by atoms with E-state index in [1.54, 1.807) is 20.8 Å². The molecule has 1 aliphatic heterocycles. The number of ether oxygens (including phenoxy) is 1. The van der Waals surface area contributed by atoms with Crippen LogP contribution in [0.25, 0.3) is 0 Å². The number of hydrogen-bond acceptors (Lipinski definition) is 3. The number of rotatable bonds is 1. The van der Waals surface area contributed by atoms with Crippen LogP contribution < -0.4 is 5.32 Å². The molecule has 0 amide bonds. The van der Waals surface area contributed by atoms with Gasteiger partial charge in [0.05, 0.1) is 5.92 Å². The molecule has 1 N–H and O–H groups in total. The lowest BCUT2D eigenvalue weighted by molar-refractivity contribution is -0.189. The normalized spacial score (nSPS) is 26.9. The number of carbonyl (C=O) groups excluding carboxylic acids is 1. The predicted octanol–water partition coefficient (Wildman–Crippen LogP) is 1.87. The highest BCUT2D eigenvalue weighted by Gasteiger charge is 2.50. The Balaban J connectivity index is 2.69. The lowest BCUT2D eigenvalue weighted by Crippen LogP contribution is -2.45. The molecular formula is C10H16F3NO2. The van der Waals surface area contributed by atoms with Gasteiger partial charge in [-0.25, -0.2) is 0 Å². The van der Waals surface area contributed by atoms with E-state index in [2.05, 4.69) is 5.32 Å². The van der Waals surface area contributed by atoms with Crippen LogP contribution in [0.5, 0.6) is 0 Å². The summed E-state index contributed by atoms with van der Waals surface area (Å²) in [4.78, 5) is 11.5. The molecule has 16 heavy (non-hydrogen) atoms. The number of hydrogen-bond donors (Lipinski definition) is 1. The van der Waals surface area contributed by atoms with Crippen molar-refractivity contribution >= 4 is 5.97 Å². The summed E-state index contributed by atoms with van der Waals surface area (Å²) in [5.74, 6) is -2.46. The van der Waals surface area contributed by atoms with Gasteiger partial charge in [0.2, 0.25) is 0 Å². The van der Waals surface area contributed by atoms with Gasteiger partial charge in [-0.15, -0.1) is 0 Å². The zero-order chi connectivity index (χ0) is 12.6. The minimum atomic E-state index is -4.36. The monoisotopic (exact) mass is 239 g/mol. The first-order chi connectivity index (χ1) is 7.11. The van der Waals surface area contributed by atoms with Gasteiger partial charge in [0.1, 0.15) is 11.6 Å². The fourth-order valence-corrected chi connectivity index (χ4v) is 1.67. The number of halogens is 3. The minimum Gasteiger partial charge on any atom is -0.459 e. The van der Waals surface area contributed by atoms with Crippen molar-refractivity contribution in [3.63, 3.8) is 0 Å². The molecular weight excluding hydrogens is 223 g/mol. The SMILES string of the molecule is CC(C)(C)OC(=O)[C@H]1NCC[C@@H]1C(F)(F)F. The van der Waals surface area contributed by atoms with E-state index < -0.39 is 29.7 Å². The Bertz CT molecular complexity index is 270. The number of nitrogens with one attached hydrogen (secondary N) is 1. The Morgan fingerprint density at radius 2 is 1.88 bits per heavy atom. The summed E-state index contributed by atoms with van der Waals surface area (Å²) < 4.78 is 42.6. The van der Waals surface area contributed by atoms with Gasteiger partial charge in [0.15, 0.2) is 0 Å². The van der Waals surface area contributed by atoms with Crippen LogP contribution in [-0.2, 0) is 9.53 Å². The van der Waals surface area contributed by atoms with Gasteiger partial charge < -0.3 is 10.1 Å². The number of esters is 1. The molecule has 1 saturated heterocycles. The van der Waals surface area contributed by atoms with E-state index >= 15 is 0 Å². The third kappa shape index (κ3) is 3.37. The highest BCUT2D eigenvalue weighted by molar-refractivity contribution is 5.77. The Morgan fingerprint density at radius 1 is 1.31 bits per heavy atom. The summed E-state index contributed by atoms with van der Waals surface area (Å²) in [6.07, 6.45) is -4.43. The maximum Gasteiger partial charge on any atom is 0.393 e. The average molecular weight is 239 g/mol. The molecule has 0 saturated carbocycles. The van der Waals surface area contributed by atoms with Gasteiger partial charge in [0.25, 0.3) is 0 Å². The lowest BCUT2D eigenvalue weighted by atomic mass is 10.00. The van der Waals surface area contributed by atoms with E-state index in [0.717, 1.165) is 0 Å². The van der Waals surface area contributed by atoms with Crippen LogP contribution in [-0.4, -0.2) is 30.3 Å². The summed E-state index contributed by atoms with van der Waals surface area (Å²) >= 11 is 0. The van der Waals surface area contributed by atoms with Gasteiger partial charge in [0, 0.05) is 0 Å². The molecule has 0 aromatic heterocycles. The highest BCUT2D eigenvalue weighted by Crippen LogP contribution is 2.35. The van der Waals surface area contributed by atoms with E-state index in [-0.39, 0.29) is 13.0 Å². The van der Waals surface area contributed by atoms with Crippen molar-refractivity contribution in [2.75, 3.05) is 6.54 Å². The smallest absolute Gasteiger partial charge is 0.393 e. The van der Waals surface area contributed by atoms with E-state index in [1.165, 1.54) is 0 Å². The Kier molecular flexibility index (Phi) is 3.52. The van der Waals surface area contributed by atoms with Crippen LogP contribution in [0, 0.1) is 5.92 Å². The van der Waals surface area contributed by atoms with Crippen LogP contribution in [0.1, 0.15) is 27.2 Å². The van der Waals surface area contributed by atoms with E-state index in [9.17, 15) is 18.0 Å². The molecule has 94 valence electrons. The molecule has 3 nitrogen and oxygen atoms in total. The van der Waals surface area contributed by atoms with E-state index in [1.807, 2.05) is 0 Å². The van der Waals surface area contributed by atoms with Crippen molar-refractivity contribution in [3.8, 4) is 0 Å². The summed E-state index contributed by atoms with van der Waals surface area (Å²) in [6, 6.07) is -1.26. The maximum absolute atomic E-state index is 12.6. The first-order valence-corrected chi connectivity index (χ1v) is 5.14. The zero-order valence-corrected chi connectivity index (χ0v) is 9.52. The van der Waals surface area contributed by atoms with Crippen molar-refractivity contribution in [3.05, 3.63) is 0 Å². The first kappa shape index (κ1) is 13.3.